The molecule has 0 fully saturated rings. The first-order valence-electron chi connectivity index (χ1n) is 10.6. The lowest BCUT2D eigenvalue weighted by molar-refractivity contribution is -0.154. The van der Waals surface area contributed by atoms with E-state index in [2.05, 4.69) is 0 Å². The van der Waals surface area contributed by atoms with Crippen LogP contribution >= 0.6 is 0 Å². The number of pyridine rings is 1. The Morgan fingerprint density at radius 3 is 2.40 bits per heavy atom. The Morgan fingerprint density at radius 1 is 1.03 bits per heavy atom. The predicted molar refractivity (Wildman–Crippen MR) is 122 cm³/mol. The van der Waals surface area contributed by atoms with Gasteiger partial charge in [-0.3, -0.25) is 9.59 Å². The molecule has 3 aromatic rings. The number of hydrogen-bond acceptors (Lipinski definition) is 5. The average molecular weight is 485 g/mol. The smallest absolute Gasteiger partial charge is 0.379 e. The standard InChI is InChI=1S/C26H22F3NO5/c1-15(2)35-26(34)24(32)12-23(31)20-10-16(9-17-7-8-19(27)11-22(17)29)13-30(25(20)33)14-18-5-3-4-6-21(18)28/h3-8,10-13,15,31H,9,14H2,1-2H3. The van der Waals surface area contributed by atoms with Crippen LogP contribution in [0.2, 0.25) is 0 Å². The van der Waals surface area contributed by atoms with E-state index >= 15 is 0 Å². The van der Waals surface area contributed by atoms with Gasteiger partial charge in [0.25, 0.3) is 11.3 Å². The normalized spacial score (nSPS) is 11.5. The maximum absolute atomic E-state index is 14.2. The molecule has 3 rings (SSSR count). The van der Waals surface area contributed by atoms with Crippen molar-refractivity contribution in [1.82, 2.24) is 4.57 Å². The van der Waals surface area contributed by atoms with Crippen LogP contribution in [0.4, 0.5) is 13.2 Å². The second-order valence-electron chi connectivity index (χ2n) is 8.05. The molecule has 0 radical (unpaired) electrons. The summed E-state index contributed by atoms with van der Waals surface area (Å²) in [7, 11) is 0. The zero-order chi connectivity index (χ0) is 25.7. The largest absolute Gasteiger partial charge is 0.507 e. The summed E-state index contributed by atoms with van der Waals surface area (Å²) in [5.41, 5.74) is -0.569. The fraction of sp³-hybridized carbons (Fsp3) is 0.192. The van der Waals surface area contributed by atoms with Crippen molar-refractivity contribution in [2.45, 2.75) is 32.9 Å². The van der Waals surface area contributed by atoms with Crippen molar-refractivity contribution in [1.29, 1.82) is 0 Å². The lowest BCUT2D eigenvalue weighted by Crippen LogP contribution is -2.25. The van der Waals surface area contributed by atoms with E-state index < -0.39 is 46.6 Å². The Bertz CT molecular complexity index is 1360. The van der Waals surface area contributed by atoms with Gasteiger partial charge in [-0.2, -0.15) is 0 Å². The minimum absolute atomic E-state index is 0.104. The minimum Gasteiger partial charge on any atom is -0.507 e. The number of aromatic nitrogens is 1. The first-order valence-corrected chi connectivity index (χ1v) is 10.6. The Hall–Kier alpha value is -4.14. The number of ether oxygens (including phenoxy) is 1. The van der Waals surface area contributed by atoms with Crippen LogP contribution in [-0.2, 0) is 27.3 Å². The number of carbonyl (C=O) groups excluding carboxylic acids is 2. The molecule has 182 valence electrons. The number of benzene rings is 2. The van der Waals surface area contributed by atoms with E-state index in [1.54, 1.807) is 6.07 Å². The summed E-state index contributed by atoms with van der Waals surface area (Å²) in [5.74, 6) is -5.37. The molecule has 1 heterocycles. The van der Waals surface area contributed by atoms with E-state index in [4.69, 9.17) is 4.74 Å². The van der Waals surface area contributed by atoms with Crippen molar-refractivity contribution in [2.24, 2.45) is 0 Å². The first-order chi connectivity index (χ1) is 16.5. The molecule has 0 spiro atoms. The maximum Gasteiger partial charge on any atom is 0.379 e. The molecule has 1 aromatic heterocycles. The van der Waals surface area contributed by atoms with Gasteiger partial charge < -0.3 is 14.4 Å². The molecule has 0 unspecified atom stereocenters. The van der Waals surface area contributed by atoms with E-state index in [0.717, 1.165) is 10.6 Å². The van der Waals surface area contributed by atoms with Crippen LogP contribution in [0.5, 0.6) is 0 Å². The van der Waals surface area contributed by atoms with Gasteiger partial charge in [0.15, 0.2) is 0 Å². The van der Waals surface area contributed by atoms with Crippen LogP contribution in [0.15, 0.2) is 65.6 Å². The molecule has 9 heteroatoms. The fourth-order valence-electron chi connectivity index (χ4n) is 3.32. The molecule has 0 bridgehead atoms. The Kier molecular flexibility index (Phi) is 7.91. The SMILES string of the molecule is CC(C)OC(=O)C(=O)C=C(O)c1cc(Cc2ccc(F)cc2F)cn(Cc2ccccc2F)c1=O. The third-order valence-electron chi connectivity index (χ3n) is 4.94. The van der Waals surface area contributed by atoms with Crippen molar-refractivity contribution in [3.8, 4) is 0 Å². The second kappa shape index (κ2) is 10.9. The highest BCUT2D eigenvalue weighted by atomic mass is 19.1. The molecule has 35 heavy (non-hydrogen) atoms. The Labute approximate surface area is 198 Å². The molecule has 0 atom stereocenters. The number of esters is 1. The first kappa shape index (κ1) is 25.5. The van der Waals surface area contributed by atoms with E-state index in [1.807, 2.05) is 0 Å². The summed E-state index contributed by atoms with van der Waals surface area (Å²) in [4.78, 5) is 37.0. The number of hydrogen-bond donors (Lipinski definition) is 1. The molecule has 6 nitrogen and oxygen atoms in total. The van der Waals surface area contributed by atoms with Crippen molar-refractivity contribution in [3.63, 3.8) is 0 Å². The molecule has 0 aliphatic carbocycles. The third kappa shape index (κ3) is 6.47. The fourth-order valence-corrected chi connectivity index (χ4v) is 3.32. The molecule has 0 saturated heterocycles. The van der Waals surface area contributed by atoms with Crippen LogP contribution in [0.1, 0.15) is 36.1 Å². The van der Waals surface area contributed by atoms with E-state index in [1.165, 1.54) is 50.4 Å². The van der Waals surface area contributed by atoms with Gasteiger partial charge in [-0.05, 0) is 43.2 Å². The molecular formula is C26H22F3NO5. The average Bonchev–Trinajstić information content (AvgIpc) is 2.78. The van der Waals surface area contributed by atoms with Gasteiger partial charge in [0.2, 0.25) is 0 Å². The number of aliphatic hydroxyl groups excluding tert-OH is 1. The van der Waals surface area contributed by atoms with Gasteiger partial charge in [0.1, 0.15) is 23.2 Å². The summed E-state index contributed by atoms with van der Waals surface area (Å²) in [6, 6.07) is 9.99. The zero-order valence-electron chi connectivity index (χ0n) is 18.9. The van der Waals surface area contributed by atoms with Gasteiger partial charge in [0.05, 0.1) is 18.2 Å². The number of nitrogens with zero attached hydrogens (tertiary/aromatic N) is 1. The molecule has 0 aliphatic heterocycles. The van der Waals surface area contributed by atoms with Crippen LogP contribution in [0.25, 0.3) is 5.76 Å². The number of aliphatic hydroxyl groups is 1. The number of ketones is 1. The molecule has 1 N–H and O–H groups in total. The van der Waals surface area contributed by atoms with E-state index in [-0.39, 0.29) is 29.7 Å². The molecule has 0 saturated carbocycles. The summed E-state index contributed by atoms with van der Waals surface area (Å²) < 4.78 is 47.6. The predicted octanol–water partition coefficient (Wildman–Crippen LogP) is 4.32. The molecular weight excluding hydrogens is 463 g/mol. The van der Waals surface area contributed by atoms with Gasteiger partial charge in [-0.25, -0.2) is 18.0 Å². The van der Waals surface area contributed by atoms with Gasteiger partial charge in [-0.15, -0.1) is 0 Å². The molecule has 2 aromatic carbocycles. The second-order valence-corrected chi connectivity index (χ2v) is 8.05. The van der Waals surface area contributed by atoms with Crippen LogP contribution in [0.3, 0.4) is 0 Å². The number of halogens is 3. The summed E-state index contributed by atoms with van der Waals surface area (Å²) >= 11 is 0. The lowest BCUT2D eigenvalue weighted by Gasteiger charge is -2.13. The lowest BCUT2D eigenvalue weighted by atomic mass is 10.0. The highest BCUT2D eigenvalue weighted by Crippen LogP contribution is 2.18. The highest BCUT2D eigenvalue weighted by molar-refractivity contribution is 6.39. The van der Waals surface area contributed by atoms with Gasteiger partial charge in [-0.1, -0.05) is 24.3 Å². The monoisotopic (exact) mass is 485 g/mol. The molecule has 0 amide bonds. The van der Waals surface area contributed by atoms with Crippen molar-refractivity contribution >= 4 is 17.5 Å². The Balaban J connectivity index is 2.07. The minimum atomic E-state index is -1.22. The maximum atomic E-state index is 14.2. The van der Waals surface area contributed by atoms with Gasteiger partial charge >= 0.3 is 5.97 Å². The summed E-state index contributed by atoms with van der Waals surface area (Å²) in [5, 5.41) is 10.5. The summed E-state index contributed by atoms with van der Waals surface area (Å²) in [6.07, 6.45) is 1.22. The third-order valence-corrected chi connectivity index (χ3v) is 4.94. The highest BCUT2D eigenvalue weighted by Gasteiger charge is 2.19. The van der Waals surface area contributed by atoms with Crippen molar-refractivity contribution < 1.29 is 32.6 Å². The Morgan fingerprint density at radius 2 is 1.74 bits per heavy atom. The van der Waals surface area contributed by atoms with E-state index in [0.29, 0.717) is 17.7 Å². The molecule has 0 aliphatic rings. The van der Waals surface area contributed by atoms with Crippen molar-refractivity contribution in [2.75, 3.05) is 0 Å². The zero-order valence-corrected chi connectivity index (χ0v) is 18.9. The van der Waals surface area contributed by atoms with Crippen LogP contribution in [-0.4, -0.2) is 27.5 Å². The van der Waals surface area contributed by atoms with Gasteiger partial charge in [0, 0.05) is 30.3 Å². The van der Waals surface area contributed by atoms with E-state index in [9.17, 15) is 32.7 Å². The summed E-state index contributed by atoms with van der Waals surface area (Å²) in [6.45, 7) is 2.84. The van der Waals surface area contributed by atoms with Crippen molar-refractivity contribution in [3.05, 3.63) is 111 Å². The van der Waals surface area contributed by atoms with Crippen LogP contribution < -0.4 is 5.56 Å². The quantitative estimate of drug-likeness (QED) is 0.222. The van der Waals surface area contributed by atoms with Crippen LogP contribution in [0, 0.1) is 17.5 Å². The number of rotatable bonds is 8. The topological polar surface area (TPSA) is 85.6 Å². The number of carbonyl (C=O) groups is 2.